The molecule has 0 atom stereocenters. The molecule has 78 valence electrons. The minimum atomic E-state index is 0.244. The van der Waals surface area contributed by atoms with E-state index in [2.05, 4.69) is 11.1 Å². The number of nitrogens with zero attached hydrogens (tertiary/aromatic N) is 1. The van der Waals surface area contributed by atoms with Crippen LogP contribution in [-0.2, 0) is 11.2 Å². The molecule has 1 aromatic heterocycles. The normalized spacial score (nSPS) is 15.9. The second-order valence-electron chi connectivity index (χ2n) is 3.90. The number of pyridine rings is 1. The van der Waals surface area contributed by atoms with Gasteiger partial charge in [-0.1, -0.05) is 12.1 Å². The minimum absolute atomic E-state index is 0.244. The molecule has 1 aromatic rings. The van der Waals surface area contributed by atoms with Crippen molar-refractivity contribution in [3.05, 3.63) is 41.7 Å². The summed E-state index contributed by atoms with van der Waals surface area (Å²) >= 11 is 0. The lowest BCUT2D eigenvalue weighted by Crippen LogP contribution is -2.09. The third-order valence-electron chi connectivity index (χ3n) is 2.72. The van der Waals surface area contributed by atoms with Gasteiger partial charge in [-0.2, -0.15) is 0 Å². The molecule has 0 spiro atoms. The van der Waals surface area contributed by atoms with Crippen molar-refractivity contribution in [3.8, 4) is 0 Å². The van der Waals surface area contributed by atoms with E-state index in [4.69, 9.17) is 0 Å². The number of aromatic nitrogens is 1. The highest BCUT2D eigenvalue weighted by molar-refractivity contribution is 5.96. The van der Waals surface area contributed by atoms with Gasteiger partial charge in [0, 0.05) is 11.9 Å². The Morgan fingerprint density at radius 1 is 1.33 bits per heavy atom. The van der Waals surface area contributed by atoms with Gasteiger partial charge in [-0.25, -0.2) is 0 Å². The van der Waals surface area contributed by atoms with Crippen molar-refractivity contribution in [1.29, 1.82) is 0 Å². The number of allylic oxidation sites excluding steroid dienone is 2. The molecular weight excluding hydrogens is 186 g/mol. The fraction of sp³-hybridized carbons (Fsp3) is 0.385. The van der Waals surface area contributed by atoms with Crippen molar-refractivity contribution < 1.29 is 4.79 Å². The SMILES string of the molecule is O=C(Cc1ccccn1)C1=CCCCC1. The molecule has 2 rings (SSSR count). The van der Waals surface area contributed by atoms with E-state index in [1.54, 1.807) is 6.20 Å². The summed E-state index contributed by atoms with van der Waals surface area (Å²) in [4.78, 5) is 16.0. The molecule has 1 heterocycles. The third-order valence-corrected chi connectivity index (χ3v) is 2.72. The van der Waals surface area contributed by atoms with Crippen LogP contribution < -0.4 is 0 Å². The van der Waals surface area contributed by atoms with Crippen molar-refractivity contribution in [1.82, 2.24) is 4.98 Å². The monoisotopic (exact) mass is 201 g/mol. The summed E-state index contributed by atoms with van der Waals surface area (Å²) in [5.41, 5.74) is 1.88. The molecule has 0 bridgehead atoms. The summed E-state index contributed by atoms with van der Waals surface area (Å²) < 4.78 is 0. The number of carbonyl (C=O) groups is 1. The lowest BCUT2D eigenvalue weighted by Gasteiger charge is -2.10. The van der Waals surface area contributed by atoms with Crippen LogP contribution in [0.2, 0.25) is 0 Å². The first-order valence-electron chi connectivity index (χ1n) is 5.48. The van der Waals surface area contributed by atoms with Gasteiger partial charge in [-0.3, -0.25) is 9.78 Å². The van der Waals surface area contributed by atoms with Gasteiger partial charge in [-0.05, 0) is 43.4 Å². The Labute approximate surface area is 90.0 Å². The first kappa shape index (κ1) is 10.1. The molecule has 1 aliphatic rings. The number of hydrogen-bond acceptors (Lipinski definition) is 2. The maximum absolute atomic E-state index is 11.9. The molecule has 15 heavy (non-hydrogen) atoms. The average molecular weight is 201 g/mol. The van der Waals surface area contributed by atoms with Gasteiger partial charge in [0.15, 0.2) is 5.78 Å². The number of Topliss-reactive ketones (excluding diaryl/α,β-unsaturated/α-hetero) is 1. The van der Waals surface area contributed by atoms with Crippen molar-refractivity contribution in [2.45, 2.75) is 32.1 Å². The van der Waals surface area contributed by atoms with E-state index in [9.17, 15) is 4.79 Å². The van der Waals surface area contributed by atoms with Crippen molar-refractivity contribution in [3.63, 3.8) is 0 Å². The zero-order valence-electron chi connectivity index (χ0n) is 8.78. The van der Waals surface area contributed by atoms with E-state index in [1.807, 2.05) is 18.2 Å². The zero-order chi connectivity index (χ0) is 10.5. The van der Waals surface area contributed by atoms with E-state index in [-0.39, 0.29) is 5.78 Å². The molecule has 1 aliphatic carbocycles. The van der Waals surface area contributed by atoms with E-state index in [1.165, 1.54) is 6.42 Å². The van der Waals surface area contributed by atoms with E-state index >= 15 is 0 Å². The minimum Gasteiger partial charge on any atom is -0.294 e. The molecule has 0 saturated heterocycles. The highest BCUT2D eigenvalue weighted by Crippen LogP contribution is 2.19. The second kappa shape index (κ2) is 4.87. The van der Waals surface area contributed by atoms with Gasteiger partial charge in [0.25, 0.3) is 0 Å². The smallest absolute Gasteiger partial charge is 0.164 e. The molecule has 0 N–H and O–H groups in total. The maximum atomic E-state index is 11.9. The highest BCUT2D eigenvalue weighted by atomic mass is 16.1. The Bertz CT molecular complexity index is 367. The Morgan fingerprint density at radius 2 is 2.27 bits per heavy atom. The van der Waals surface area contributed by atoms with Crippen molar-refractivity contribution in [2.75, 3.05) is 0 Å². The zero-order valence-corrected chi connectivity index (χ0v) is 8.78. The molecule has 0 radical (unpaired) electrons. The number of rotatable bonds is 3. The van der Waals surface area contributed by atoms with Crippen LogP contribution >= 0.6 is 0 Å². The van der Waals surface area contributed by atoms with E-state index in [0.717, 1.165) is 30.5 Å². The third kappa shape index (κ3) is 2.75. The van der Waals surface area contributed by atoms with Crippen molar-refractivity contribution in [2.24, 2.45) is 0 Å². The number of carbonyl (C=O) groups excluding carboxylic acids is 1. The molecule has 2 heteroatoms. The largest absolute Gasteiger partial charge is 0.294 e. The molecule has 0 aromatic carbocycles. The van der Waals surface area contributed by atoms with Crippen LogP contribution in [0.25, 0.3) is 0 Å². The predicted octanol–water partition coefficient (Wildman–Crippen LogP) is 2.69. The molecule has 0 fully saturated rings. The first-order valence-corrected chi connectivity index (χ1v) is 5.48. The van der Waals surface area contributed by atoms with Gasteiger partial charge in [0.05, 0.1) is 6.42 Å². The van der Waals surface area contributed by atoms with Crippen LogP contribution in [0.5, 0.6) is 0 Å². The summed E-state index contributed by atoms with van der Waals surface area (Å²) in [7, 11) is 0. The van der Waals surface area contributed by atoms with Gasteiger partial charge in [0.2, 0.25) is 0 Å². The van der Waals surface area contributed by atoms with Gasteiger partial charge < -0.3 is 0 Å². The Balaban J connectivity index is 2.00. The first-order chi connectivity index (χ1) is 7.36. The lowest BCUT2D eigenvalue weighted by molar-refractivity contribution is -0.115. The van der Waals surface area contributed by atoms with Crippen LogP contribution in [0, 0.1) is 0 Å². The van der Waals surface area contributed by atoms with Crippen molar-refractivity contribution >= 4 is 5.78 Å². The second-order valence-corrected chi connectivity index (χ2v) is 3.90. The molecule has 0 aliphatic heterocycles. The Hall–Kier alpha value is -1.44. The van der Waals surface area contributed by atoms with E-state index < -0.39 is 0 Å². The fourth-order valence-corrected chi connectivity index (χ4v) is 1.87. The summed E-state index contributed by atoms with van der Waals surface area (Å²) in [5.74, 6) is 0.244. The molecular formula is C13H15NO. The molecule has 0 unspecified atom stereocenters. The number of ketones is 1. The van der Waals surface area contributed by atoms with Crippen LogP contribution in [0.15, 0.2) is 36.0 Å². The summed E-state index contributed by atoms with van der Waals surface area (Å²) in [6.07, 6.45) is 8.66. The standard InChI is InChI=1S/C13H15NO/c15-13(11-6-2-1-3-7-11)10-12-8-4-5-9-14-12/h4-6,8-9H,1-3,7,10H2. The van der Waals surface area contributed by atoms with Crippen LogP contribution in [-0.4, -0.2) is 10.8 Å². The van der Waals surface area contributed by atoms with Crippen LogP contribution in [0.3, 0.4) is 0 Å². The molecule has 0 saturated carbocycles. The molecule has 0 amide bonds. The lowest BCUT2D eigenvalue weighted by atomic mass is 9.94. The van der Waals surface area contributed by atoms with Gasteiger partial charge in [-0.15, -0.1) is 0 Å². The Morgan fingerprint density at radius 3 is 2.93 bits per heavy atom. The van der Waals surface area contributed by atoms with Crippen LogP contribution in [0.1, 0.15) is 31.4 Å². The van der Waals surface area contributed by atoms with E-state index in [0.29, 0.717) is 6.42 Å². The Kier molecular flexibility index (Phi) is 3.28. The van der Waals surface area contributed by atoms with Gasteiger partial charge in [0.1, 0.15) is 0 Å². The summed E-state index contributed by atoms with van der Waals surface area (Å²) in [5, 5.41) is 0. The predicted molar refractivity (Wildman–Crippen MR) is 59.5 cm³/mol. The number of hydrogen-bond donors (Lipinski definition) is 0. The maximum Gasteiger partial charge on any atom is 0.164 e. The average Bonchev–Trinajstić information content (AvgIpc) is 2.31. The summed E-state index contributed by atoms with van der Waals surface area (Å²) in [6.45, 7) is 0. The summed E-state index contributed by atoms with van der Waals surface area (Å²) in [6, 6.07) is 5.69. The van der Waals surface area contributed by atoms with Crippen LogP contribution in [0.4, 0.5) is 0 Å². The topological polar surface area (TPSA) is 30.0 Å². The fourth-order valence-electron chi connectivity index (χ4n) is 1.87. The van der Waals surface area contributed by atoms with Gasteiger partial charge >= 0.3 is 0 Å². The highest BCUT2D eigenvalue weighted by Gasteiger charge is 2.12. The quantitative estimate of drug-likeness (QED) is 0.752. The molecule has 2 nitrogen and oxygen atoms in total.